The van der Waals surface area contributed by atoms with Gasteiger partial charge in [-0.3, -0.25) is 4.79 Å². The van der Waals surface area contributed by atoms with Crippen LogP contribution >= 0.6 is 0 Å². The fourth-order valence-electron chi connectivity index (χ4n) is 3.93. The molecule has 1 atom stereocenters. The van der Waals surface area contributed by atoms with E-state index in [0.29, 0.717) is 29.6 Å². The van der Waals surface area contributed by atoms with Crippen molar-refractivity contribution >= 4 is 5.91 Å². The molecule has 0 bridgehead atoms. The van der Waals surface area contributed by atoms with Crippen molar-refractivity contribution in [3.8, 4) is 17.1 Å². The lowest BCUT2D eigenvalue weighted by Crippen LogP contribution is -2.31. The van der Waals surface area contributed by atoms with Gasteiger partial charge in [0.15, 0.2) is 0 Å². The summed E-state index contributed by atoms with van der Waals surface area (Å²) in [4.78, 5) is 28.5. The maximum atomic E-state index is 13.3. The molecule has 0 saturated carbocycles. The summed E-state index contributed by atoms with van der Waals surface area (Å²) in [6.45, 7) is 6.28. The lowest BCUT2D eigenvalue weighted by atomic mass is 10.1. The Kier molecular flexibility index (Phi) is 5.00. The van der Waals surface area contributed by atoms with Crippen molar-refractivity contribution in [3.63, 3.8) is 0 Å². The Bertz CT molecular complexity index is 1040. The molecule has 8 nitrogen and oxygen atoms in total. The fraction of sp³-hybridized carbons (Fsp3) is 0.381. The number of aryl methyl sites for hydroxylation is 3. The lowest BCUT2D eigenvalue weighted by Gasteiger charge is -2.25. The van der Waals surface area contributed by atoms with Crippen LogP contribution in [0.1, 0.15) is 52.2 Å². The van der Waals surface area contributed by atoms with Crippen LogP contribution in [0.2, 0.25) is 0 Å². The Morgan fingerprint density at radius 3 is 2.83 bits per heavy atom. The molecule has 0 spiro atoms. The number of hydrogen-bond donors (Lipinski definition) is 0. The Morgan fingerprint density at radius 1 is 1.28 bits per heavy atom. The van der Waals surface area contributed by atoms with E-state index < -0.39 is 0 Å². The van der Waals surface area contributed by atoms with Crippen LogP contribution in [0.5, 0.6) is 5.88 Å². The predicted molar refractivity (Wildman–Crippen MR) is 106 cm³/mol. The Labute approximate surface area is 168 Å². The smallest absolute Gasteiger partial charge is 0.259 e. The number of likely N-dealkylation sites (tertiary alicyclic amines) is 1. The number of pyridine rings is 1. The van der Waals surface area contributed by atoms with E-state index in [1.165, 1.54) is 7.11 Å². The number of hydrogen-bond acceptors (Lipinski definition) is 7. The summed E-state index contributed by atoms with van der Waals surface area (Å²) in [5.74, 6) is 1.59. The first-order valence-electron chi connectivity index (χ1n) is 9.58. The summed E-state index contributed by atoms with van der Waals surface area (Å²) < 4.78 is 10.6. The molecule has 3 aromatic heterocycles. The van der Waals surface area contributed by atoms with Crippen LogP contribution in [-0.2, 0) is 0 Å². The van der Waals surface area contributed by atoms with Gasteiger partial charge in [-0.2, -0.15) is 0 Å². The highest BCUT2D eigenvalue weighted by molar-refractivity contribution is 5.96. The van der Waals surface area contributed by atoms with E-state index in [-0.39, 0.29) is 11.9 Å². The van der Waals surface area contributed by atoms with Crippen LogP contribution in [-0.4, -0.2) is 44.6 Å². The largest absolute Gasteiger partial charge is 0.480 e. The highest BCUT2D eigenvalue weighted by Gasteiger charge is 2.33. The molecule has 1 aliphatic rings. The van der Waals surface area contributed by atoms with Crippen LogP contribution in [0.25, 0.3) is 11.3 Å². The first-order chi connectivity index (χ1) is 14.0. The van der Waals surface area contributed by atoms with Gasteiger partial charge in [0.05, 0.1) is 35.8 Å². The Hall–Kier alpha value is -3.29. The SMILES string of the molecule is COc1ncccc1C(=O)N1CCCC1c1cc(-c2c(C)noc2C)nc(C)n1. The lowest BCUT2D eigenvalue weighted by molar-refractivity contribution is 0.0728. The number of carbonyl (C=O) groups is 1. The number of methoxy groups -OCH3 is 1. The van der Waals surface area contributed by atoms with E-state index in [4.69, 9.17) is 9.26 Å². The van der Waals surface area contributed by atoms with Crippen molar-refractivity contribution in [3.05, 3.63) is 52.9 Å². The van der Waals surface area contributed by atoms with E-state index in [2.05, 4.69) is 20.1 Å². The van der Waals surface area contributed by atoms with Crippen molar-refractivity contribution in [2.24, 2.45) is 0 Å². The highest BCUT2D eigenvalue weighted by Crippen LogP contribution is 2.35. The molecule has 1 unspecified atom stereocenters. The normalized spacial score (nSPS) is 16.3. The van der Waals surface area contributed by atoms with Gasteiger partial charge in [-0.1, -0.05) is 5.16 Å². The van der Waals surface area contributed by atoms with Crippen molar-refractivity contribution in [2.75, 3.05) is 13.7 Å². The van der Waals surface area contributed by atoms with Crippen LogP contribution in [0, 0.1) is 20.8 Å². The molecule has 4 heterocycles. The standard InChI is InChI=1S/C21H23N5O3/c1-12-19(13(2)29-25-12)17-11-16(23-14(3)24-17)18-8-6-10-26(18)21(27)15-7-5-9-22-20(15)28-4/h5,7,9,11,18H,6,8,10H2,1-4H3. The van der Waals surface area contributed by atoms with Crippen molar-refractivity contribution < 1.29 is 14.1 Å². The van der Waals surface area contributed by atoms with Gasteiger partial charge in [0, 0.05) is 12.7 Å². The van der Waals surface area contributed by atoms with Crippen LogP contribution < -0.4 is 4.74 Å². The zero-order valence-corrected chi connectivity index (χ0v) is 17.0. The maximum Gasteiger partial charge on any atom is 0.259 e. The molecule has 0 aromatic carbocycles. The zero-order valence-electron chi connectivity index (χ0n) is 17.0. The fourth-order valence-corrected chi connectivity index (χ4v) is 3.93. The van der Waals surface area contributed by atoms with E-state index in [1.807, 2.05) is 31.7 Å². The third kappa shape index (κ3) is 3.46. The number of rotatable bonds is 4. The molecular weight excluding hydrogens is 370 g/mol. The Balaban J connectivity index is 1.72. The number of carbonyl (C=O) groups excluding carboxylic acids is 1. The monoisotopic (exact) mass is 393 g/mol. The van der Waals surface area contributed by atoms with Gasteiger partial charge in [-0.25, -0.2) is 15.0 Å². The molecule has 3 aromatic rings. The zero-order chi connectivity index (χ0) is 20.5. The number of ether oxygens (including phenoxy) is 1. The van der Waals surface area contributed by atoms with E-state index in [1.54, 1.807) is 18.3 Å². The topological polar surface area (TPSA) is 94.2 Å². The van der Waals surface area contributed by atoms with Gasteiger partial charge in [0.25, 0.3) is 5.91 Å². The Morgan fingerprint density at radius 2 is 2.10 bits per heavy atom. The summed E-state index contributed by atoms with van der Waals surface area (Å²) in [5.41, 5.74) is 3.70. The van der Waals surface area contributed by atoms with Gasteiger partial charge in [0.1, 0.15) is 17.1 Å². The summed E-state index contributed by atoms with van der Waals surface area (Å²) in [5, 5.41) is 4.03. The minimum absolute atomic E-state index is 0.104. The van der Waals surface area contributed by atoms with E-state index >= 15 is 0 Å². The molecule has 0 aliphatic carbocycles. The molecule has 4 rings (SSSR count). The quantitative estimate of drug-likeness (QED) is 0.670. The maximum absolute atomic E-state index is 13.3. The number of aromatic nitrogens is 4. The minimum Gasteiger partial charge on any atom is -0.480 e. The molecule has 1 aliphatic heterocycles. The number of amides is 1. The molecule has 1 saturated heterocycles. The average Bonchev–Trinajstić information content (AvgIpc) is 3.33. The van der Waals surface area contributed by atoms with Gasteiger partial charge in [-0.15, -0.1) is 0 Å². The van der Waals surface area contributed by atoms with Crippen LogP contribution in [0.4, 0.5) is 0 Å². The summed E-state index contributed by atoms with van der Waals surface area (Å²) in [6, 6.07) is 5.29. The van der Waals surface area contributed by atoms with Gasteiger partial charge in [-0.05, 0) is 51.8 Å². The van der Waals surface area contributed by atoms with E-state index in [0.717, 1.165) is 35.5 Å². The van der Waals surface area contributed by atoms with Gasteiger partial charge < -0.3 is 14.2 Å². The molecule has 1 fully saturated rings. The third-order valence-corrected chi connectivity index (χ3v) is 5.20. The average molecular weight is 393 g/mol. The molecule has 1 amide bonds. The molecule has 8 heteroatoms. The predicted octanol–water partition coefficient (Wildman–Crippen LogP) is 3.44. The van der Waals surface area contributed by atoms with Crippen molar-refractivity contribution in [1.82, 2.24) is 25.0 Å². The molecule has 0 N–H and O–H groups in total. The molecule has 29 heavy (non-hydrogen) atoms. The highest BCUT2D eigenvalue weighted by atomic mass is 16.5. The third-order valence-electron chi connectivity index (χ3n) is 5.20. The second-order valence-electron chi connectivity index (χ2n) is 7.14. The first-order valence-corrected chi connectivity index (χ1v) is 9.58. The number of nitrogens with zero attached hydrogens (tertiary/aromatic N) is 5. The van der Waals surface area contributed by atoms with Crippen molar-refractivity contribution in [1.29, 1.82) is 0 Å². The minimum atomic E-state index is -0.131. The first kappa shape index (κ1) is 19.0. The second-order valence-corrected chi connectivity index (χ2v) is 7.14. The summed E-state index contributed by atoms with van der Waals surface area (Å²) in [7, 11) is 1.52. The van der Waals surface area contributed by atoms with E-state index in [9.17, 15) is 4.79 Å². The van der Waals surface area contributed by atoms with Crippen LogP contribution in [0.3, 0.4) is 0 Å². The molecule has 0 radical (unpaired) electrons. The van der Waals surface area contributed by atoms with Gasteiger partial charge in [0.2, 0.25) is 5.88 Å². The van der Waals surface area contributed by atoms with Crippen LogP contribution in [0.15, 0.2) is 28.9 Å². The van der Waals surface area contributed by atoms with Gasteiger partial charge >= 0.3 is 0 Å². The second kappa shape index (κ2) is 7.62. The van der Waals surface area contributed by atoms with Crippen molar-refractivity contribution in [2.45, 2.75) is 39.7 Å². The summed E-state index contributed by atoms with van der Waals surface area (Å²) in [6.07, 6.45) is 3.36. The molecule has 150 valence electrons. The summed E-state index contributed by atoms with van der Waals surface area (Å²) >= 11 is 0. The molecular formula is C21H23N5O3.